The third-order valence-electron chi connectivity index (χ3n) is 8.71. The lowest BCUT2D eigenvalue weighted by Crippen LogP contribution is -2.11. The van der Waals surface area contributed by atoms with Gasteiger partial charge in [-0.25, -0.2) is 4.98 Å². The Morgan fingerprint density at radius 3 is 1.47 bits per heavy atom. The monoisotopic (exact) mass is 636 g/mol. The van der Waals surface area contributed by atoms with E-state index in [1.165, 1.54) is 47.1 Å². The summed E-state index contributed by atoms with van der Waals surface area (Å²) in [6, 6.07) is 60.7. The van der Waals surface area contributed by atoms with Gasteiger partial charge in [0, 0.05) is 32.4 Å². The molecule has 0 N–H and O–H groups in total. The topological polar surface area (TPSA) is 16.1 Å². The van der Waals surface area contributed by atoms with Crippen LogP contribution < -0.4 is 4.90 Å². The first-order valence-electron chi connectivity index (χ1n) is 15.7. The van der Waals surface area contributed by atoms with Crippen molar-refractivity contribution < 1.29 is 0 Å². The molecule has 0 aliphatic rings. The molecule has 0 atom stereocenters. The molecule has 47 heavy (non-hydrogen) atoms. The van der Waals surface area contributed by atoms with Crippen molar-refractivity contribution in [2.75, 3.05) is 4.90 Å². The van der Waals surface area contributed by atoms with Crippen molar-refractivity contribution in [3.8, 4) is 32.8 Å². The standard InChI is InChI=1S/C43H28N2S2/c1-4-12-29(13-5-1)31-20-24-34(25-21-31)45(35-26-22-32(23-27-35)30-14-6-2-7-15-30)41-40-39(47-43(44-40)33-16-8-3-9-17-33)28-37-36-18-10-11-19-38(36)46-42(37)41/h1-28H. The van der Waals surface area contributed by atoms with E-state index >= 15 is 0 Å². The van der Waals surface area contributed by atoms with E-state index in [0.29, 0.717) is 0 Å². The summed E-state index contributed by atoms with van der Waals surface area (Å²) in [7, 11) is 0. The average molecular weight is 637 g/mol. The quantitative estimate of drug-likeness (QED) is 0.181. The van der Waals surface area contributed by atoms with E-state index in [2.05, 4.69) is 175 Å². The van der Waals surface area contributed by atoms with Crippen LogP contribution in [0, 0.1) is 0 Å². The van der Waals surface area contributed by atoms with Crippen molar-refractivity contribution in [3.63, 3.8) is 0 Å². The van der Waals surface area contributed by atoms with Crippen molar-refractivity contribution >= 4 is 70.1 Å². The van der Waals surface area contributed by atoms with E-state index in [0.717, 1.165) is 33.1 Å². The van der Waals surface area contributed by atoms with Gasteiger partial charge in [-0.1, -0.05) is 133 Å². The van der Waals surface area contributed by atoms with Crippen LogP contribution in [0.1, 0.15) is 0 Å². The predicted molar refractivity (Wildman–Crippen MR) is 203 cm³/mol. The Labute approximate surface area is 281 Å². The Balaban J connectivity index is 1.31. The second-order valence-electron chi connectivity index (χ2n) is 11.6. The molecule has 0 radical (unpaired) electrons. The average Bonchev–Trinajstić information content (AvgIpc) is 3.75. The molecule has 2 heterocycles. The van der Waals surface area contributed by atoms with Crippen LogP contribution in [0.3, 0.4) is 0 Å². The molecule has 0 bridgehead atoms. The number of rotatable bonds is 6. The first kappa shape index (κ1) is 27.7. The van der Waals surface area contributed by atoms with E-state index in [1.807, 2.05) is 11.3 Å². The summed E-state index contributed by atoms with van der Waals surface area (Å²) in [5.41, 5.74) is 10.3. The number of nitrogens with zero attached hydrogens (tertiary/aromatic N) is 2. The molecule has 0 saturated heterocycles. The molecule has 9 rings (SSSR count). The summed E-state index contributed by atoms with van der Waals surface area (Å²) in [6.45, 7) is 0. The van der Waals surface area contributed by atoms with Crippen LogP contribution in [0.25, 0.3) is 63.2 Å². The van der Waals surface area contributed by atoms with Crippen LogP contribution >= 0.6 is 22.7 Å². The minimum Gasteiger partial charge on any atom is -0.307 e. The SMILES string of the molecule is c1ccc(-c2ccc(N(c3ccc(-c4ccccc4)cc3)c3c4nc(-c5ccccc5)sc4cc4c3sc3ccccc34)cc2)cc1. The number of hydrogen-bond donors (Lipinski definition) is 0. The van der Waals surface area contributed by atoms with Crippen LogP contribution in [0.5, 0.6) is 0 Å². The molecule has 0 spiro atoms. The molecule has 0 saturated carbocycles. The molecular formula is C43H28N2S2. The second-order valence-corrected chi connectivity index (χ2v) is 13.7. The van der Waals surface area contributed by atoms with E-state index in [9.17, 15) is 0 Å². The highest BCUT2D eigenvalue weighted by atomic mass is 32.1. The highest BCUT2D eigenvalue weighted by Crippen LogP contribution is 2.50. The number of fused-ring (bicyclic) bond motifs is 4. The lowest BCUT2D eigenvalue weighted by Gasteiger charge is -2.27. The number of anilines is 3. The molecule has 0 amide bonds. The fourth-order valence-electron chi connectivity index (χ4n) is 6.41. The summed E-state index contributed by atoms with van der Waals surface area (Å²) in [6.07, 6.45) is 0. The molecule has 0 fully saturated rings. The molecule has 2 nitrogen and oxygen atoms in total. The zero-order chi connectivity index (χ0) is 31.2. The van der Waals surface area contributed by atoms with E-state index in [4.69, 9.17) is 4.98 Å². The maximum atomic E-state index is 5.39. The van der Waals surface area contributed by atoms with Gasteiger partial charge in [-0.2, -0.15) is 0 Å². The van der Waals surface area contributed by atoms with Gasteiger partial charge >= 0.3 is 0 Å². The summed E-state index contributed by atoms with van der Waals surface area (Å²) in [4.78, 5) is 7.80. The van der Waals surface area contributed by atoms with Crippen LogP contribution in [-0.4, -0.2) is 4.98 Å². The number of thiophene rings is 1. The Morgan fingerprint density at radius 1 is 0.404 bits per heavy atom. The van der Waals surface area contributed by atoms with E-state index in [-0.39, 0.29) is 0 Å². The molecule has 9 aromatic rings. The molecule has 0 aliphatic heterocycles. The van der Waals surface area contributed by atoms with Gasteiger partial charge in [0.1, 0.15) is 10.5 Å². The smallest absolute Gasteiger partial charge is 0.124 e. The number of thiazole rings is 1. The first-order chi connectivity index (χ1) is 23.3. The first-order valence-corrected chi connectivity index (χ1v) is 17.3. The van der Waals surface area contributed by atoms with Gasteiger partial charge < -0.3 is 4.90 Å². The highest BCUT2D eigenvalue weighted by Gasteiger charge is 2.24. The normalized spacial score (nSPS) is 11.4. The van der Waals surface area contributed by atoms with E-state index in [1.54, 1.807) is 11.3 Å². The van der Waals surface area contributed by atoms with Gasteiger partial charge in [-0.05, 0) is 58.7 Å². The zero-order valence-electron chi connectivity index (χ0n) is 25.4. The molecule has 222 valence electrons. The van der Waals surface area contributed by atoms with Crippen molar-refractivity contribution in [1.82, 2.24) is 4.98 Å². The summed E-state index contributed by atoms with van der Waals surface area (Å²) in [5.74, 6) is 0. The van der Waals surface area contributed by atoms with Gasteiger partial charge in [0.25, 0.3) is 0 Å². The maximum Gasteiger partial charge on any atom is 0.124 e. The Morgan fingerprint density at radius 2 is 0.894 bits per heavy atom. The number of hydrogen-bond acceptors (Lipinski definition) is 4. The third-order valence-corrected chi connectivity index (χ3v) is 11.0. The van der Waals surface area contributed by atoms with Crippen LogP contribution in [0.4, 0.5) is 17.1 Å². The van der Waals surface area contributed by atoms with Crippen LogP contribution in [0.2, 0.25) is 0 Å². The highest BCUT2D eigenvalue weighted by molar-refractivity contribution is 7.27. The predicted octanol–water partition coefficient (Wildman–Crippen LogP) is 13.1. The molecule has 2 aromatic heterocycles. The number of aromatic nitrogens is 1. The van der Waals surface area contributed by atoms with Gasteiger partial charge in [-0.15, -0.1) is 22.7 Å². The molecule has 0 aliphatic carbocycles. The minimum absolute atomic E-state index is 1.02. The van der Waals surface area contributed by atoms with Gasteiger partial charge in [0.05, 0.1) is 15.1 Å². The largest absolute Gasteiger partial charge is 0.307 e. The second kappa shape index (κ2) is 11.7. The Kier molecular flexibility index (Phi) is 6.89. The zero-order valence-corrected chi connectivity index (χ0v) is 27.0. The van der Waals surface area contributed by atoms with Gasteiger partial charge in [0.2, 0.25) is 0 Å². The van der Waals surface area contributed by atoms with Crippen molar-refractivity contribution in [3.05, 3.63) is 170 Å². The van der Waals surface area contributed by atoms with Crippen LogP contribution in [0.15, 0.2) is 170 Å². The fraction of sp³-hybridized carbons (Fsp3) is 0. The lowest BCUT2D eigenvalue weighted by molar-refractivity contribution is 1.30. The lowest BCUT2D eigenvalue weighted by atomic mass is 10.0. The molecular weight excluding hydrogens is 609 g/mol. The maximum absolute atomic E-state index is 5.39. The molecule has 0 unspecified atom stereocenters. The number of benzene rings is 7. The van der Waals surface area contributed by atoms with Crippen molar-refractivity contribution in [2.45, 2.75) is 0 Å². The molecule has 4 heteroatoms. The minimum atomic E-state index is 1.02. The van der Waals surface area contributed by atoms with Gasteiger partial charge in [0.15, 0.2) is 0 Å². The molecule has 7 aromatic carbocycles. The van der Waals surface area contributed by atoms with Crippen molar-refractivity contribution in [2.24, 2.45) is 0 Å². The van der Waals surface area contributed by atoms with Crippen LogP contribution in [-0.2, 0) is 0 Å². The Hall–Kier alpha value is -5.55. The fourth-order valence-corrected chi connectivity index (χ4v) is 8.64. The third kappa shape index (κ3) is 4.99. The van der Waals surface area contributed by atoms with Crippen molar-refractivity contribution in [1.29, 1.82) is 0 Å². The summed E-state index contributed by atoms with van der Waals surface area (Å²) in [5, 5.41) is 3.58. The summed E-state index contributed by atoms with van der Waals surface area (Å²) >= 11 is 3.61. The van der Waals surface area contributed by atoms with Gasteiger partial charge in [-0.3, -0.25) is 0 Å². The van der Waals surface area contributed by atoms with E-state index < -0.39 is 0 Å². The Bertz CT molecular complexity index is 2400. The summed E-state index contributed by atoms with van der Waals surface area (Å²) < 4.78 is 3.70.